The van der Waals surface area contributed by atoms with E-state index in [-0.39, 0.29) is 16.7 Å². The predicted molar refractivity (Wildman–Crippen MR) is 101 cm³/mol. The summed E-state index contributed by atoms with van der Waals surface area (Å²) in [6.45, 7) is -0.258. The molecule has 2 aromatic rings. The van der Waals surface area contributed by atoms with Crippen molar-refractivity contribution in [2.24, 2.45) is 0 Å². The van der Waals surface area contributed by atoms with E-state index in [9.17, 15) is 13.2 Å². The summed E-state index contributed by atoms with van der Waals surface area (Å²) < 4.78 is 108. The van der Waals surface area contributed by atoms with Crippen LogP contribution < -0.4 is 4.90 Å². The maximum Gasteiger partial charge on any atom is 0.416 e. The van der Waals surface area contributed by atoms with Gasteiger partial charge in [0, 0.05) is 29.6 Å². The van der Waals surface area contributed by atoms with Gasteiger partial charge in [0.1, 0.15) is 0 Å². The third kappa shape index (κ3) is 4.22. The number of alkyl halides is 3. The van der Waals surface area contributed by atoms with Gasteiger partial charge in [-0.05, 0) is 59.5 Å². The lowest BCUT2D eigenvalue weighted by Gasteiger charge is -2.34. The second kappa shape index (κ2) is 6.98. The fraction of sp³-hybridized carbons (Fsp3) is 0.455. The van der Waals surface area contributed by atoms with Crippen LogP contribution in [0.4, 0.5) is 18.9 Å². The maximum atomic E-state index is 13.0. The summed E-state index contributed by atoms with van der Waals surface area (Å²) in [5.41, 5.74) is -0.738. The predicted octanol–water partition coefficient (Wildman–Crippen LogP) is 6.39. The van der Waals surface area contributed by atoms with Crippen molar-refractivity contribution in [1.82, 2.24) is 0 Å². The Morgan fingerprint density at radius 3 is 1.81 bits per heavy atom. The smallest absolute Gasteiger partial charge is 0.371 e. The molecule has 1 aliphatic rings. The van der Waals surface area contributed by atoms with Gasteiger partial charge in [-0.2, -0.15) is 13.2 Å². The van der Waals surface area contributed by atoms with Crippen LogP contribution in [-0.2, 0) is 11.6 Å². The normalized spacial score (nSPS) is 29.1. The third-order valence-corrected chi connectivity index (χ3v) is 4.20. The van der Waals surface area contributed by atoms with E-state index in [2.05, 4.69) is 0 Å². The molecule has 26 heavy (non-hydrogen) atoms. The molecule has 0 atom stereocenters. The molecule has 0 radical (unpaired) electrons. The zero-order chi connectivity index (χ0) is 26.1. The van der Waals surface area contributed by atoms with Gasteiger partial charge in [-0.3, -0.25) is 0 Å². The second-order valence-electron chi connectivity index (χ2n) is 7.20. The fourth-order valence-corrected chi connectivity index (χ4v) is 2.59. The molecule has 0 aliphatic carbocycles. The first-order valence-corrected chi connectivity index (χ1v) is 8.25. The zero-order valence-corrected chi connectivity index (χ0v) is 14.8. The Kier molecular flexibility index (Phi) is 2.95. The highest BCUT2D eigenvalue weighted by molar-refractivity contribution is 5.49. The zero-order valence-electron chi connectivity index (χ0n) is 22.8. The Bertz CT molecular complexity index is 928. The first-order valence-electron chi connectivity index (χ1n) is 12.2. The molecule has 0 saturated carbocycles. The summed E-state index contributed by atoms with van der Waals surface area (Å²) in [5, 5.41) is 0. The Labute approximate surface area is 165 Å². The number of hydrogen-bond donors (Lipinski definition) is 0. The standard InChI is InChI=1S/C22H26F3N/c1-21(2,3)18-8-10-20(11-9-18)26-14-12-17(13-15-26)16-4-6-19(7-5-16)22(23,24)25/h4-11,17H,12-15H2,1-3H3/i12D2,13D2,14D2,15D2. The maximum absolute atomic E-state index is 13.0. The van der Waals surface area contributed by atoms with Crippen LogP contribution in [0.2, 0.25) is 0 Å². The molecule has 3 rings (SSSR count). The van der Waals surface area contributed by atoms with Crippen molar-refractivity contribution in [3.63, 3.8) is 0 Å². The second-order valence-corrected chi connectivity index (χ2v) is 7.20. The van der Waals surface area contributed by atoms with Gasteiger partial charge in [0.2, 0.25) is 0 Å². The molecule has 140 valence electrons. The van der Waals surface area contributed by atoms with E-state index in [1.165, 1.54) is 12.1 Å². The number of benzene rings is 2. The minimum absolute atomic E-state index is 0.0541. The highest BCUT2D eigenvalue weighted by Crippen LogP contribution is 2.34. The van der Waals surface area contributed by atoms with E-state index in [1.54, 1.807) is 12.1 Å². The molecule has 0 amide bonds. The van der Waals surface area contributed by atoms with Crippen molar-refractivity contribution >= 4 is 5.69 Å². The fourth-order valence-electron chi connectivity index (χ4n) is 2.59. The van der Waals surface area contributed by atoms with Crippen LogP contribution in [0, 0.1) is 0 Å². The van der Waals surface area contributed by atoms with Gasteiger partial charge in [-0.15, -0.1) is 0 Å². The molecule has 2 aromatic carbocycles. The summed E-state index contributed by atoms with van der Waals surface area (Å²) in [6.07, 6.45) is -10.7. The highest BCUT2D eigenvalue weighted by atomic mass is 19.4. The quantitative estimate of drug-likeness (QED) is 0.593. The summed E-state index contributed by atoms with van der Waals surface area (Å²) >= 11 is 0. The number of rotatable bonds is 2. The lowest BCUT2D eigenvalue weighted by Crippen LogP contribution is -2.32. The average molecular weight is 369 g/mol. The van der Waals surface area contributed by atoms with E-state index in [1.807, 2.05) is 20.8 Å². The lowest BCUT2D eigenvalue weighted by atomic mass is 9.86. The summed E-state index contributed by atoms with van der Waals surface area (Å²) in [7, 11) is 0. The van der Waals surface area contributed by atoms with Crippen LogP contribution in [0.3, 0.4) is 0 Å². The van der Waals surface area contributed by atoms with Crippen LogP contribution in [0.25, 0.3) is 0 Å². The molecular weight excluding hydrogens is 335 g/mol. The van der Waals surface area contributed by atoms with Gasteiger partial charge in [-0.1, -0.05) is 45.0 Å². The van der Waals surface area contributed by atoms with E-state index in [0.717, 1.165) is 17.7 Å². The van der Waals surface area contributed by atoms with E-state index < -0.39 is 43.4 Å². The first-order chi connectivity index (χ1) is 15.2. The van der Waals surface area contributed by atoms with Crippen molar-refractivity contribution in [2.75, 3.05) is 17.9 Å². The van der Waals surface area contributed by atoms with Crippen LogP contribution in [0.5, 0.6) is 0 Å². The van der Waals surface area contributed by atoms with Gasteiger partial charge in [0.05, 0.1) is 5.56 Å². The Morgan fingerprint density at radius 2 is 1.35 bits per heavy atom. The molecule has 1 saturated heterocycles. The minimum Gasteiger partial charge on any atom is -0.371 e. The molecule has 1 nitrogen and oxygen atoms in total. The number of anilines is 1. The average Bonchev–Trinajstić information content (AvgIpc) is 2.66. The largest absolute Gasteiger partial charge is 0.416 e. The summed E-state index contributed by atoms with van der Waals surface area (Å²) in [5.74, 6) is -2.03. The van der Waals surface area contributed by atoms with Crippen molar-refractivity contribution in [1.29, 1.82) is 0 Å². The van der Waals surface area contributed by atoms with Crippen LogP contribution >= 0.6 is 0 Å². The minimum atomic E-state index is -4.66. The molecule has 0 bridgehead atoms. The summed E-state index contributed by atoms with van der Waals surface area (Å²) in [6, 6.07) is 9.20. The Balaban J connectivity index is 2.16. The van der Waals surface area contributed by atoms with E-state index in [4.69, 9.17) is 11.0 Å². The number of nitrogens with zero attached hydrogens (tertiary/aromatic N) is 1. The topological polar surface area (TPSA) is 3.24 Å². The van der Waals surface area contributed by atoms with Crippen molar-refractivity contribution < 1.29 is 24.1 Å². The monoisotopic (exact) mass is 369 g/mol. The van der Waals surface area contributed by atoms with E-state index in [0.29, 0.717) is 17.0 Å². The van der Waals surface area contributed by atoms with Crippen molar-refractivity contribution in [2.45, 2.75) is 51.0 Å². The summed E-state index contributed by atoms with van der Waals surface area (Å²) in [4.78, 5) is 0.465. The Morgan fingerprint density at radius 1 is 0.846 bits per heavy atom. The lowest BCUT2D eigenvalue weighted by molar-refractivity contribution is -0.137. The Hall–Kier alpha value is -1.97. The molecule has 4 heteroatoms. The van der Waals surface area contributed by atoms with Gasteiger partial charge in [-0.25, -0.2) is 0 Å². The molecule has 1 aliphatic heterocycles. The molecule has 1 fully saturated rings. The number of halogens is 3. The van der Waals surface area contributed by atoms with Gasteiger partial charge in [0.15, 0.2) is 0 Å². The molecule has 0 aromatic heterocycles. The number of piperidine rings is 1. The number of hydrogen-bond acceptors (Lipinski definition) is 1. The molecule has 1 heterocycles. The highest BCUT2D eigenvalue weighted by Gasteiger charge is 2.30. The molecule has 0 unspecified atom stereocenters. The van der Waals surface area contributed by atoms with Crippen molar-refractivity contribution in [3.05, 3.63) is 65.2 Å². The SMILES string of the molecule is [2H]C1([2H])C(c2ccc(C(F)(F)F)cc2)C([2H])([2H])C([2H])([2H])N(c2ccc(C(C)(C)C)cc2)C1([2H])[2H]. The molecular formula is C22H26F3N. The van der Waals surface area contributed by atoms with Gasteiger partial charge in [0.25, 0.3) is 0 Å². The van der Waals surface area contributed by atoms with Crippen LogP contribution in [-0.4, -0.2) is 13.0 Å². The van der Waals surface area contributed by atoms with Crippen LogP contribution in [0.1, 0.15) is 67.1 Å². The van der Waals surface area contributed by atoms with Crippen molar-refractivity contribution in [3.8, 4) is 0 Å². The third-order valence-electron chi connectivity index (χ3n) is 4.20. The van der Waals surface area contributed by atoms with Gasteiger partial charge >= 0.3 is 6.18 Å². The van der Waals surface area contributed by atoms with Gasteiger partial charge < -0.3 is 4.90 Å². The molecule has 0 N–H and O–H groups in total. The molecule has 0 spiro atoms. The van der Waals surface area contributed by atoms with Crippen LogP contribution in [0.15, 0.2) is 48.5 Å². The first kappa shape index (κ1) is 11.0. The van der Waals surface area contributed by atoms with E-state index >= 15 is 0 Å².